The maximum Gasteiger partial charge on any atom is 0.249 e. The van der Waals surface area contributed by atoms with Crippen LogP contribution in [-0.4, -0.2) is 11.0 Å². The lowest BCUT2D eigenvalue weighted by Crippen LogP contribution is -2.30. The van der Waals surface area contributed by atoms with Crippen LogP contribution in [0.5, 0.6) is 0 Å². The van der Waals surface area contributed by atoms with Gasteiger partial charge in [-0.3, -0.25) is 4.79 Å². The minimum Gasteiger partial charge on any atom is -0.322 e. The zero-order valence-electron chi connectivity index (χ0n) is 13.8. The number of pyridine rings is 1. The van der Waals surface area contributed by atoms with Crippen molar-refractivity contribution in [2.45, 2.75) is 32.4 Å². The molecule has 3 rings (SSSR count). The summed E-state index contributed by atoms with van der Waals surface area (Å²) in [7, 11) is 0. The highest BCUT2D eigenvalue weighted by Gasteiger charge is 2.18. The van der Waals surface area contributed by atoms with Crippen LogP contribution < -0.4 is 10.9 Å². The van der Waals surface area contributed by atoms with Crippen LogP contribution in [0, 0.1) is 0 Å². The van der Waals surface area contributed by atoms with E-state index in [-0.39, 0.29) is 17.5 Å². The molecule has 2 aromatic carbocycles. The van der Waals surface area contributed by atoms with Crippen LogP contribution in [0.3, 0.4) is 0 Å². The molecule has 2 atom stereocenters. The highest BCUT2D eigenvalue weighted by atomic mass is 35.5. The van der Waals surface area contributed by atoms with Crippen molar-refractivity contribution in [1.29, 1.82) is 0 Å². The van der Waals surface area contributed by atoms with E-state index in [9.17, 15) is 4.79 Å². The molecule has 3 nitrogen and oxygen atoms in total. The van der Waals surface area contributed by atoms with Crippen LogP contribution >= 0.6 is 11.6 Å². The molecule has 0 spiro atoms. The van der Waals surface area contributed by atoms with Crippen LogP contribution in [0.1, 0.15) is 30.9 Å². The summed E-state index contributed by atoms with van der Waals surface area (Å²) in [5, 5.41) is 5.01. The molecule has 0 aliphatic rings. The second kappa shape index (κ2) is 7.20. The van der Waals surface area contributed by atoms with E-state index in [0.29, 0.717) is 5.02 Å². The Bertz CT molecular complexity index is 889. The number of benzene rings is 2. The Morgan fingerprint density at radius 3 is 2.58 bits per heavy atom. The molecule has 2 N–H and O–H groups in total. The molecule has 0 saturated heterocycles. The Labute approximate surface area is 146 Å². The number of H-pyrrole nitrogens is 1. The van der Waals surface area contributed by atoms with Crippen molar-refractivity contribution in [3.05, 3.63) is 81.1 Å². The van der Waals surface area contributed by atoms with E-state index in [2.05, 4.69) is 42.3 Å². The molecule has 2 unspecified atom stereocenters. The number of rotatable bonds is 5. The fraction of sp³-hybridized carbons (Fsp3) is 0.250. The van der Waals surface area contributed by atoms with Crippen molar-refractivity contribution in [3.8, 4) is 0 Å². The van der Waals surface area contributed by atoms with Crippen molar-refractivity contribution >= 4 is 22.5 Å². The average molecular weight is 341 g/mol. The van der Waals surface area contributed by atoms with Crippen LogP contribution in [0.2, 0.25) is 5.02 Å². The minimum absolute atomic E-state index is 0.174. The van der Waals surface area contributed by atoms with Gasteiger partial charge in [0.25, 0.3) is 0 Å². The van der Waals surface area contributed by atoms with E-state index < -0.39 is 0 Å². The first-order chi connectivity index (χ1) is 11.6. The van der Waals surface area contributed by atoms with Crippen LogP contribution in [0.25, 0.3) is 10.9 Å². The number of aromatic amines is 1. The Hall–Kier alpha value is -2.10. The lowest BCUT2D eigenvalue weighted by Gasteiger charge is -2.23. The Morgan fingerprint density at radius 1 is 1.08 bits per heavy atom. The number of hydrogen-bond acceptors (Lipinski definition) is 2. The van der Waals surface area contributed by atoms with Gasteiger partial charge in [0.2, 0.25) is 5.56 Å². The predicted octanol–water partition coefficient (Wildman–Crippen LogP) is 4.46. The third-order valence-electron chi connectivity index (χ3n) is 4.56. The summed E-state index contributed by atoms with van der Waals surface area (Å²) in [4.78, 5) is 14.5. The van der Waals surface area contributed by atoms with Gasteiger partial charge < -0.3 is 10.3 Å². The average Bonchev–Trinajstić information content (AvgIpc) is 2.59. The molecular weight excluding hydrogens is 320 g/mol. The third-order valence-corrected chi connectivity index (χ3v) is 4.86. The van der Waals surface area contributed by atoms with Crippen molar-refractivity contribution in [3.63, 3.8) is 0 Å². The molecule has 3 aromatic rings. The van der Waals surface area contributed by atoms with Gasteiger partial charge in [0.1, 0.15) is 0 Å². The fourth-order valence-electron chi connectivity index (χ4n) is 3.00. The summed E-state index contributed by atoms with van der Waals surface area (Å²) >= 11 is 6.35. The summed E-state index contributed by atoms with van der Waals surface area (Å²) in [5.74, 6) is 0.251. The van der Waals surface area contributed by atoms with E-state index >= 15 is 0 Å². The third kappa shape index (κ3) is 3.53. The molecule has 0 aliphatic carbocycles. The molecule has 0 aliphatic heterocycles. The molecule has 4 heteroatoms. The highest BCUT2D eigenvalue weighted by molar-refractivity contribution is 6.35. The Balaban J connectivity index is 1.85. The highest BCUT2D eigenvalue weighted by Crippen LogP contribution is 2.31. The van der Waals surface area contributed by atoms with E-state index in [4.69, 9.17) is 11.6 Å². The number of halogens is 1. The lowest BCUT2D eigenvalue weighted by atomic mass is 9.91. The van der Waals surface area contributed by atoms with Crippen molar-refractivity contribution in [2.24, 2.45) is 0 Å². The van der Waals surface area contributed by atoms with Gasteiger partial charge in [-0.05, 0) is 30.0 Å². The summed E-state index contributed by atoms with van der Waals surface area (Å²) < 4.78 is 0. The summed E-state index contributed by atoms with van der Waals surface area (Å²) in [6.45, 7) is 5.17. The zero-order valence-corrected chi connectivity index (χ0v) is 14.6. The van der Waals surface area contributed by atoms with Gasteiger partial charge in [-0.25, -0.2) is 0 Å². The first-order valence-electron chi connectivity index (χ1n) is 8.15. The monoisotopic (exact) mass is 340 g/mol. The number of nitrogens with one attached hydrogen (secondary N) is 2. The summed E-state index contributed by atoms with van der Waals surface area (Å²) in [5.41, 5.74) is 3.01. The van der Waals surface area contributed by atoms with Gasteiger partial charge >= 0.3 is 0 Å². The molecule has 124 valence electrons. The number of aromatic nitrogens is 1. The molecule has 0 fully saturated rings. The maximum absolute atomic E-state index is 11.6. The van der Waals surface area contributed by atoms with Gasteiger partial charge in [-0.15, -0.1) is 0 Å². The molecule has 1 heterocycles. The second-order valence-electron chi connectivity index (χ2n) is 6.20. The van der Waals surface area contributed by atoms with Gasteiger partial charge in [0.15, 0.2) is 0 Å². The number of hydrogen-bond donors (Lipinski definition) is 2. The summed E-state index contributed by atoms with van der Waals surface area (Å²) in [6.07, 6.45) is 0. The van der Waals surface area contributed by atoms with E-state index in [0.717, 1.165) is 23.0 Å². The predicted molar refractivity (Wildman–Crippen MR) is 101 cm³/mol. The molecule has 0 amide bonds. The van der Waals surface area contributed by atoms with Crippen molar-refractivity contribution in [2.75, 3.05) is 0 Å². The summed E-state index contributed by atoms with van der Waals surface area (Å²) in [6, 6.07) is 18.0. The van der Waals surface area contributed by atoms with Gasteiger partial charge in [-0.1, -0.05) is 61.0 Å². The minimum atomic E-state index is -0.174. The largest absolute Gasteiger partial charge is 0.322 e. The molecule has 0 radical (unpaired) electrons. The Morgan fingerprint density at radius 2 is 1.83 bits per heavy atom. The van der Waals surface area contributed by atoms with Gasteiger partial charge in [0, 0.05) is 24.0 Å². The zero-order chi connectivity index (χ0) is 17.1. The van der Waals surface area contributed by atoms with E-state index in [1.54, 1.807) is 0 Å². The topological polar surface area (TPSA) is 44.9 Å². The number of fused-ring (bicyclic) bond motifs is 1. The second-order valence-corrected chi connectivity index (χ2v) is 6.60. The van der Waals surface area contributed by atoms with E-state index in [1.165, 1.54) is 11.6 Å². The van der Waals surface area contributed by atoms with Crippen LogP contribution in [0.15, 0.2) is 59.4 Å². The molecule has 24 heavy (non-hydrogen) atoms. The van der Waals surface area contributed by atoms with Crippen molar-refractivity contribution < 1.29 is 0 Å². The standard InChI is InChI=1S/C20H21ClN2O/c1-13(14(2)22-12-15-7-4-3-5-8-15)16-9-6-10-18-20(16)17(21)11-19(24)23-18/h3-11,13-14,22H,12H2,1-2H3,(H,23,24). The first-order valence-corrected chi connectivity index (χ1v) is 8.53. The van der Waals surface area contributed by atoms with E-state index in [1.807, 2.05) is 30.3 Å². The quantitative estimate of drug-likeness (QED) is 0.720. The SMILES string of the molecule is CC(NCc1ccccc1)C(C)c1cccc2[nH]c(=O)cc(Cl)c12. The Kier molecular flexibility index (Phi) is 5.03. The first kappa shape index (κ1) is 16.7. The smallest absolute Gasteiger partial charge is 0.249 e. The fourth-order valence-corrected chi connectivity index (χ4v) is 3.31. The van der Waals surface area contributed by atoms with Crippen LogP contribution in [-0.2, 0) is 6.54 Å². The maximum atomic E-state index is 11.6. The lowest BCUT2D eigenvalue weighted by molar-refractivity contribution is 0.482. The molecule has 0 saturated carbocycles. The van der Waals surface area contributed by atoms with Crippen LogP contribution in [0.4, 0.5) is 0 Å². The molecular formula is C20H21ClN2O. The van der Waals surface area contributed by atoms with Gasteiger partial charge in [-0.2, -0.15) is 0 Å². The normalized spacial score (nSPS) is 13.8. The van der Waals surface area contributed by atoms with Crippen molar-refractivity contribution in [1.82, 2.24) is 10.3 Å². The molecule has 1 aromatic heterocycles. The molecule has 0 bridgehead atoms. The van der Waals surface area contributed by atoms with Gasteiger partial charge in [0.05, 0.1) is 10.5 Å².